The van der Waals surface area contributed by atoms with Gasteiger partial charge in [0.25, 0.3) is 0 Å². The number of amides is 1. The highest BCUT2D eigenvalue weighted by Gasteiger charge is 2.23. The van der Waals surface area contributed by atoms with E-state index in [1.165, 1.54) is 18.5 Å². The van der Waals surface area contributed by atoms with Gasteiger partial charge < -0.3 is 10.1 Å². The van der Waals surface area contributed by atoms with Crippen LogP contribution in [0.25, 0.3) is 0 Å². The van der Waals surface area contributed by atoms with Crippen molar-refractivity contribution >= 4 is 5.91 Å². The Hall–Kier alpha value is -1.40. The molecule has 6 heteroatoms. The second-order valence-electron chi connectivity index (χ2n) is 7.84. The first-order valence-electron chi connectivity index (χ1n) is 9.91. The lowest BCUT2D eigenvalue weighted by Crippen LogP contribution is -2.26. The lowest BCUT2D eigenvalue weighted by atomic mass is 10.0. The first kappa shape index (κ1) is 17.0. The van der Waals surface area contributed by atoms with E-state index in [-0.39, 0.29) is 5.91 Å². The number of aromatic nitrogens is 2. The molecule has 3 heterocycles. The third-order valence-corrected chi connectivity index (χ3v) is 5.57. The Balaban J connectivity index is 1.28. The summed E-state index contributed by atoms with van der Waals surface area (Å²) < 4.78 is 7.65. The summed E-state index contributed by atoms with van der Waals surface area (Å²) in [5, 5.41) is 7.79. The summed E-state index contributed by atoms with van der Waals surface area (Å²) >= 11 is 0. The number of carbonyl (C=O) groups excluding carboxylic acids is 1. The summed E-state index contributed by atoms with van der Waals surface area (Å²) in [5.74, 6) is 0.916. The van der Waals surface area contributed by atoms with Gasteiger partial charge in [0, 0.05) is 51.7 Å². The molecule has 1 aliphatic carbocycles. The van der Waals surface area contributed by atoms with Crippen LogP contribution >= 0.6 is 0 Å². The molecule has 0 aromatic carbocycles. The van der Waals surface area contributed by atoms with E-state index in [1.807, 2.05) is 0 Å². The number of nitrogens with one attached hydrogen (secondary N) is 1. The molecular weight excluding hydrogens is 316 g/mol. The van der Waals surface area contributed by atoms with Gasteiger partial charge in [0.05, 0.1) is 11.4 Å². The van der Waals surface area contributed by atoms with Gasteiger partial charge in [-0.25, -0.2) is 0 Å². The highest BCUT2D eigenvalue weighted by atomic mass is 16.5. The van der Waals surface area contributed by atoms with Crippen LogP contribution < -0.4 is 5.32 Å². The van der Waals surface area contributed by atoms with E-state index in [0.717, 1.165) is 76.7 Å². The maximum absolute atomic E-state index is 11.9. The van der Waals surface area contributed by atoms with Crippen molar-refractivity contribution in [1.82, 2.24) is 20.0 Å². The molecule has 2 aliphatic heterocycles. The molecule has 3 aliphatic rings. The molecule has 1 saturated heterocycles. The van der Waals surface area contributed by atoms with Gasteiger partial charge in [-0.1, -0.05) is 0 Å². The predicted molar refractivity (Wildman–Crippen MR) is 95.1 cm³/mol. The third kappa shape index (κ3) is 4.82. The van der Waals surface area contributed by atoms with Crippen LogP contribution in [0, 0.1) is 5.92 Å². The number of hydrogen-bond acceptors (Lipinski definition) is 4. The van der Waals surface area contributed by atoms with Gasteiger partial charge in [0.2, 0.25) is 5.91 Å². The van der Waals surface area contributed by atoms with Crippen molar-refractivity contribution in [3.05, 3.63) is 17.5 Å². The topological polar surface area (TPSA) is 59.4 Å². The smallest absolute Gasteiger partial charge is 0.220 e. The maximum Gasteiger partial charge on any atom is 0.220 e. The Morgan fingerprint density at radius 3 is 3.04 bits per heavy atom. The largest absolute Gasteiger partial charge is 0.381 e. The minimum Gasteiger partial charge on any atom is -0.381 e. The zero-order valence-electron chi connectivity index (χ0n) is 15.1. The number of aryl methyl sites for hydroxylation is 2. The molecule has 25 heavy (non-hydrogen) atoms. The molecule has 1 aromatic heterocycles. The number of rotatable bonds is 7. The fourth-order valence-corrected chi connectivity index (χ4v) is 3.85. The Morgan fingerprint density at radius 1 is 1.32 bits per heavy atom. The van der Waals surface area contributed by atoms with E-state index in [9.17, 15) is 4.79 Å². The SMILES string of the molecule is O=C(CCc1cc2n(n1)CCCN(CC[C@H]1CCOC1)C2)NC1CC1. The van der Waals surface area contributed by atoms with E-state index in [0.29, 0.717) is 12.5 Å². The van der Waals surface area contributed by atoms with Gasteiger partial charge in [0.15, 0.2) is 0 Å². The van der Waals surface area contributed by atoms with Crippen LogP contribution in [0.5, 0.6) is 0 Å². The van der Waals surface area contributed by atoms with Crippen LogP contribution in [0.2, 0.25) is 0 Å². The highest BCUT2D eigenvalue weighted by molar-refractivity contribution is 5.76. The second-order valence-corrected chi connectivity index (χ2v) is 7.84. The molecule has 1 atom stereocenters. The maximum atomic E-state index is 11.9. The van der Waals surface area contributed by atoms with Crippen molar-refractivity contribution in [2.45, 2.75) is 64.1 Å². The lowest BCUT2D eigenvalue weighted by Gasteiger charge is -2.20. The average Bonchev–Trinajstić information content (AvgIpc) is 3.16. The van der Waals surface area contributed by atoms with Crippen molar-refractivity contribution in [3.8, 4) is 0 Å². The van der Waals surface area contributed by atoms with Crippen molar-refractivity contribution in [3.63, 3.8) is 0 Å². The fourth-order valence-electron chi connectivity index (χ4n) is 3.85. The van der Waals surface area contributed by atoms with Gasteiger partial charge in [-0.2, -0.15) is 5.10 Å². The van der Waals surface area contributed by atoms with Gasteiger partial charge in [-0.3, -0.25) is 14.4 Å². The quantitative estimate of drug-likeness (QED) is 0.817. The molecule has 2 fully saturated rings. The third-order valence-electron chi connectivity index (χ3n) is 5.57. The Labute approximate surface area is 149 Å². The number of ether oxygens (including phenoxy) is 1. The summed E-state index contributed by atoms with van der Waals surface area (Å²) in [5.41, 5.74) is 2.37. The Kier molecular flexibility index (Phi) is 5.36. The second kappa shape index (κ2) is 7.87. The molecule has 4 rings (SSSR count). The van der Waals surface area contributed by atoms with Gasteiger partial charge >= 0.3 is 0 Å². The zero-order chi connectivity index (χ0) is 17.1. The number of fused-ring (bicyclic) bond motifs is 1. The molecule has 0 bridgehead atoms. The van der Waals surface area contributed by atoms with E-state index < -0.39 is 0 Å². The monoisotopic (exact) mass is 346 g/mol. The first-order valence-corrected chi connectivity index (χ1v) is 9.91. The van der Waals surface area contributed by atoms with Crippen LogP contribution in [-0.4, -0.2) is 52.9 Å². The number of carbonyl (C=O) groups is 1. The molecule has 0 unspecified atom stereocenters. The number of nitrogens with zero attached hydrogens (tertiary/aromatic N) is 3. The van der Waals surface area contributed by atoms with Crippen molar-refractivity contribution < 1.29 is 9.53 Å². The summed E-state index contributed by atoms with van der Waals surface area (Å²) in [6, 6.07) is 2.66. The van der Waals surface area contributed by atoms with Gasteiger partial charge in [-0.05, 0) is 50.6 Å². The zero-order valence-corrected chi connectivity index (χ0v) is 15.1. The van der Waals surface area contributed by atoms with Crippen LogP contribution in [0.3, 0.4) is 0 Å². The van der Waals surface area contributed by atoms with Crippen LogP contribution in [0.1, 0.15) is 49.9 Å². The van der Waals surface area contributed by atoms with Crippen molar-refractivity contribution in [2.24, 2.45) is 5.92 Å². The van der Waals surface area contributed by atoms with E-state index >= 15 is 0 Å². The molecule has 0 radical (unpaired) electrons. The summed E-state index contributed by atoms with van der Waals surface area (Å²) in [6.45, 7) is 6.16. The van der Waals surface area contributed by atoms with Gasteiger partial charge in [-0.15, -0.1) is 0 Å². The lowest BCUT2D eigenvalue weighted by molar-refractivity contribution is -0.121. The summed E-state index contributed by atoms with van der Waals surface area (Å²) in [6.07, 6.45) is 7.20. The normalized spacial score (nSPS) is 24.1. The summed E-state index contributed by atoms with van der Waals surface area (Å²) in [7, 11) is 0. The van der Waals surface area contributed by atoms with E-state index in [4.69, 9.17) is 9.84 Å². The molecule has 1 amide bonds. The molecule has 138 valence electrons. The molecule has 1 N–H and O–H groups in total. The average molecular weight is 346 g/mol. The Bertz CT molecular complexity index is 590. The number of hydrogen-bond donors (Lipinski definition) is 1. The Morgan fingerprint density at radius 2 is 2.24 bits per heavy atom. The first-order chi connectivity index (χ1) is 12.3. The highest BCUT2D eigenvalue weighted by Crippen LogP contribution is 2.20. The van der Waals surface area contributed by atoms with Crippen LogP contribution in [-0.2, 0) is 29.0 Å². The van der Waals surface area contributed by atoms with Crippen molar-refractivity contribution in [2.75, 3.05) is 26.3 Å². The van der Waals surface area contributed by atoms with Gasteiger partial charge in [0.1, 0.15) is 0 Å². The van der Waals surface area contributed by atoms with E-state index in [2.05, 4.69) is 21.0 Å². The minimum absolute atomic E-state index is 0.172. The molecular formula is C19H30N4O2. The minimum atomic E-state index is 0.172. The summed E-state index contributed by atoms with van der Waals surface area (Å²) in [4.78, 5) is 14.4. The standard InChI is InChI=1S/C19H30N4O2/c24-19(20-16-2-3-16)5-4-17-12-18-13-22(8-1-9-23(18)21-17)10-6-15-7-11-25-14-15/h12,15-16H,1-11,13-14H2,(H,20,24)/t15-/m0/s1. The van der Waals surface area contributed by atoms with Crippen LogP contribution in [0.15, 0.2) is 6.07 Å². The van der Waals surface area contributed by atoms with Crippen LogP contribution in [0.4, 0.5) is 0 Å². The van der Waals surface area contributed by atoms with E-state index in [1.54, 1.807) is 0 Å². The molecule has 1 aromatic rings. The molecule has 6 nitrogen and oxygen atoms in total. The van der Waals surface area contributed by atoms with Crippen molar-refractivity contribution in [1.29, 1.82) is 0 Å². The predicted octanol–water partition coefficient (Wildman–Crippen LogP) is 1.73. The fraction of sp³-hybridized carbons (Fsp3) is 0.789. The molecule has 1 saturated carbocycles. The molecule has 0 spiro atoms.